The van der Waals surface area contributed by atoms with Gasteiger partial charge in [0.15, 0.2) is 0 Å². The van der Waals surface area contributed by atoms with Crippen molar-refractivity contribution in [1.82, 2.24) is 74.3 Å². The fraction of sp³-hybridized carbons (Fsp3) is 0.276. The highest BCUT2D eigenvalue weighted by atomic mass is 79.9. The van der Waals surface area contributed by atoms with Gasteiger partial charge in [0.2, 0.25) is 29.6 Å². The van der Waals surface area contributed by atoms with Crippen LogP contribution < -0.4 is 43.4 Å². The number of rotatable bonds is 19. The van der Waals surface area contributed by atoms with E-state index < -0.39 is 53.4 Å². The third-order valence-electron chi connectivity index (χ3n) is 20.4. The summed E-state index contributed by atoms with van der Waals surface area (Å²) in [4.78, 5) is 148. The number of carbonyl (C=O) groups is 6. The lowest BCUT2D eigenvalue weighted by Gasteiger charge is -2.37. The van der Waals surface area contributed by atoms with Crippen LogP contribution in [0.1, 0.15) is 82.4 Å². The highest BCUT2D eigenvalue weighted by molar-refractivity contribution is 9.10. The smallest absolute Gasteiger partial charge is 0.407 e. The summed E-state index contributed by atoms with van der Waals surface area (Å²) in [5, 5.41) is 14.7. The van der Waals surface area contributed by atoms with Crippen LogP contribution in [0.25, 0.3) is 55.4 Å². The summed E-state index contributed by atoms with van der Waals surface area (Å²) >= 11 is 20.8. The van der Waals surface area contributed by atoms with Gasteiger partial charge in [0.1, 0.15) is 63.7 Å². The highest BCUT2D eigenvalue weighted by Crippen LogP contribution is 2.29. The van der Waals surface area contributed by atoms with Gasteiger partial charge < -0.3 is 45.3 Å². The number of nitrogens with zero attached hydrogens (tertiary/aromatic N) is 12. The van der Waals surface area contributed by atoms with Crippen molar-refractivity contribution in [2.45, 2.75) is 73.9 Å². The largest absolute Gasteiger partial charge is 0.495 e. The SMILES string of the molecule is CC1CN(C(=O)Cn2c(=O)c(C(=O)NCc3ccc(Cl)cc3)cc3cc(-c4ccnc(F)c4)cnc32)C1.CC1CN(C(=O)Cn2c(=O)c(C(=O)NCc3ccc(Cl)cc3)cc3cc(B4OCC(C)(C)CO4)cnc32)C1.CNc1cc(-c2cnc3c(c2)cc(C(=O)NCc2ccc(Cl)cc2)c(=O)n3CC(=O)N2CC(C)C2)ccn1.Fc1cccc(Br)n1. The van der Waals surface area contributed by atoms with Crippen LogP contribution in [0.5, 0.6) is 0 Å². The third-order valence-corrected chi connectivity index (χ3v) is 21.6. The number of halogens is 6. The van der Waals surface area contributed by atoms with Crippen molar-refractivity contribution in [3.05, 3.63) is 279 Å². The number of likely N-dealkylation sites (tertiary alicyclic amines) is 3. The van der Waals surface area contributed by atoms with Gasteiger partial charge in [0.05, 0.1) is 0 Å². The summed E-state index contributed by atoms with van der Waals surface area (Å²) in [6.45, 7) is 15.2. The minimum absolute atomic E-state index is 0.0548. The molecule has 13 heterocycles. The molecule has 0 bridgehead atoms. The van der Waals surface area contributed by atoms with Gasteiger partial charge in [-0.3, -0.25) is 56.9 Å². The zero-order valence-corrected chi connectivity index (χ0v) is 70.5. The lowest BCUT2D eigenvalue weighted by Crippen LogP contribution is -2.50. The van der Waals surface area contributed by atoms with E-state index in [9.17, 15) is 51.9 Å². The van der Waals surface area contributed by atoms with Crippen LogP contribution in [0, 0.1) is 35.1 Å². The van der Waals surface area contributed by atoms with Crippen molar-refractivity contribution < 1.29 is 46.9 Å². The molecule has 4 fully saturated rings. The first-order chi connectivity index (χ1) is 58.0. The number of nitrogens with one attached hydrogen (secondary N) is 4. The second-order valence-electron chi connectivity index (χ2n) is 30.9. The molecule has 6 amide bonds. The number of hydrogen-bond acceptors (Lipinski definition) is 18. The number of aromatic nitrogens is 9. The molecule has 4 aliphatic heterocycles. The van der Waals surface area contributed by atoms with E-state index in [1.165, 1.54) is 56.4 Å². The number of anilines is 1. The fourth-order valence-electron chi connectivity index (χ4n) is 13.8. The number of hydrogen-bond donors (Lipinski definition) is 4. The molecule has 0 unspecified atom stereocenters. The van der Waals surface area contributed by atoms with Crippen LogP contribution in [0.3, 0.4) is 0 Å². The molecule has 9 aromatic heterocycles. The number of fused-ring (bicyclic) bond motifs is 3. The lowest BCUT2D eigenvalue weighted by molar-refractivity contribution is -0.138. The Hall–Kier alpha value is -12.0. The molecule has 3 aromatic carbocycles. The lowest BCUT2D eigenvalue weighted by atomic mass is 9.76. The second-order valence-corrected chi connectivity index (χ2v) is 33.0. The average Bonchev–Trinajstić information content (AvgIpc) is 0.773. The first-order valence-corrected chi connectivity index (χ1v) is 40.7. The van der Waals surface area contributed by atoms with E-state index in [0.717, 1.165) is 27.8 Å². The molecular formula is C87H83BBrCl3F2N16O11. The molecule has 0 saturated carbocycles. The Kier molecular flexibility index (Phi) is 27.7. The molecule has 27 nitrogen and oxygen atoms in total. The number of carbonyl (C=O) groups excluding carboxylic acids is 6. The van der Waals surface area contributed by atoms with Crippen molar-refractivity contribution in [3.8, 4) is 22.3 Å². The second kappa shape index (κ2) is 38.6. The Morgan fingerprint density at radius 2 is 0.843 bits per heavy atom. The van der Waals surface area contributed by atoms with Crippen molar-refractivity contribution >= 4 is 138 Å². The first-order valence-electron chi connectivity index (χ1n) is 38.8. The monoisotopic (exact) mass is 1760 g/mol. The van der Waals surface area contributed by atoms with Gasteiger partial charge >= 0.3 is 7.12 Å². The Morgan fingerprint density at radius 3 is 1.20 bits per heavy atom. The first kappa shape index (κ1) is 86.8. The molecular weight excluding hydrogens is 1680 g/mol. The predicted molar refractivity (Wildman–Crippen MR) is 462 cm³/mol. The van der Waals surface area contributed by atoms with Gasteiger partial charge in [-0.15, -0.1) is 0 Å². The van der Waals surface area contributed by atoms with E-state index in [1.807, 2.05) is 25.1 Å². The van der Waals surface area contributed by atoms with Gasteiger partial charge in [-0.1, -0.05) is 112 Å². The summed E-state index contributed by atoms with van der Waals surface area (Å²) in [5.41, 5.74) is 4.80. The molecule has 0 atom stereocenters. The van der Waals surface area contributed by atoms with E-state index in [1.54, 1.807) is 143 Å². The zero-order valence-electron chi connectivity index (χ0n) is 66.7. The number of amides is 6. The maximum atomic E-state index is 13.7. The minimum atomic E-state index is -0.640. The van der Waals surface area contributed by atoms with Gasteiger partial charge in [-0.2, -0.15) is 8.78 Å². The van der Waals surface area contributed by atoms with Crippen LogP contribution in [0.15, 0.2) is 202 Å². The van der Waals surface area contributed by atoms with E-state index >= 15 is 0 Å². The quantitative estimate of drug-likeness (QED) is 0.0432. The van der Waals surface area contributed by atoms with Gasteiger partial charge in [-0.25, -0.2) is 29.9 Å². The minimum Gasteiger partial charge on any atom is -0.407 e. The molecule has 0 spiro atoms. The van der Waals surface area contributed by atoms with Crippen molar-refractivity contribution in [2.75, 3.05) is 64.8 Å². The zero-order chi connectivity index (χ0) is 85.9. The fourth-order valence-corrected chi connectivity index (χ4v) is 14.5. The van der Waals surface area contributed by atoms with Crippen LogP contribution >= 0.6 is 50.7 Å². The maximum absolute atomic E-state index is 13.7. The molecule has 0 aliphatic carbocycles. The molecule has 4 aliphatic rings. The van der Waals surface area contributed by atoms with Crippen LogP contribution in [-0.4, -0.2) is 160 Å². The topological polar surface area (TPSA) is 322 Å². The third kappa shape index (κ3) is 21.8. The normalized spacial score (nSPS) is 14.3. The molecule has 12 aromatic rings. The van der Waals surface area contributed by atoms with E-state index in [2.05, 4.69) is 94.8 Å². The Labute approximate surface area is 717 Å². The van der Waals surface area contributed by atoms with Crippen molar-refractivity contribution in [3.63, 3.8) is 0 Å². The molecule has 4 saturated heterocycles. The molecule has 16 rings (SSSR count). The van der Waals surface area contributed by atoms with Crippen LogP contribution in [0.4, 0.5) is 14.6 Å². The predicted octanol–water partition coefficient (Wildman–Crippen LogP) is 11.4. The van der Waals surface area contributed by atoms with Gasteiger partial charge in [-0.05, 0) is 165 Å². The van der Waals surface area contributed by atoms with Gasteiger partial charge in [0.25, 0.3) is 34.4 Å². The van der Waals surface area contributed by atoms with Crippen molar-refractivity contribution in [1.29, 1.82) is 0 Å². The summed E-state index contributed by atoms with van der Waals surface area (Å²) in [5.74, 6) is -1.36. The Bertz CT molecular complexity index is 6090. The van der Waals surface area contributed by atoms with E-state index in [-0.39, 0.29) is 84.7 Å². The number of benzene rings is 3. The number of pyridine rings is 9. The maximum Gasteiger partial charge on any atom is 0.495 e. The molecule has 0 radical (unpaired) electrons. The van der Waals surface area contributed by atoms with Gasteiger partial charge in [0, 0.05) is 169 Å². The average molecular weight is 1760 g/mol. The Balaban J connectivity index is 0.000000149. The van der Waals surface area contributed by atoms with E-state index in [0.29, 0.717) is 140 Å². The highest BCUT2D eigenvalue weighted by Gasteiger charge is 2.36. The molecule has 4 N–H and O–H groups in total. The summed E-state index contributed by atoms with van der Waals surface area (Å²) < 4.78 is 41.9. The molecule has 121 heavy (non-hydrogen) atoms. The van der Waals surface area contributed by atoms with Crippen LogP contribution in [-0.2, 0) is 63.0 Å². The summed E-state index contributed by atoms with van der Waals surface area (Å²) in [6, 6.07) is 42.2. The van der Waals surface area contributed by atoms with Crippen molar-refractivity contribution in [2.24, 2.45) is 23.2 Å². The van der Waals surface area contributed by atoms with Crippen LogP contribution in [0.2, 0.25) is 15.1 Å². The molecule has 622 valence electrons. The standard InChI is InChI=1S/C28H27ClN6O3.C27H30BClN4O5.C27H23ClFN5O3.C5H3BrFN/c1-17-14-34(15-17)25(36)16-35-26-20(9-21(13-32-26)19-7-8-31-24(11-19)30-2)10-23(28(35)38)27(37)33-12-18-3-5-22(29)6-4-18;1-17-12-32(13-17)23(34)14-33-24-19(8-20(11-30-24)28-37-15-27(2,3)16-38-28)9-22(26(33)36)25(35)31-10-18-4-6-21(29)7-5-18;1-16-13-33(14-16)24(35)15-34-25-19(8-20(12-31-25)18-6-7-30-23(29)10-18)9-22(27(34)37)26(36)32-11-17-2-4-21(28)5-3-17;6-4-2-1-3-5(7)8-4/h3-11,13,17H,12,14-16H2,1-2H3,(H,30,31)(H,33,37);4-9,11,17H,10,12-16H2,1-3H3,(H,31,35);2-10,12,16H,11,13-15H2,1H3,(H,32,36);1-3H. The Morgan fingerprint density at radius 1 is 0.471 bits per heavy atom. The summed E-state index contributed by atoms with van der Waals surface area (Å²) in [6.07, 6.45) is 7.79. The summed E-state index contributed by atoms with van der Waals surface area (Å²) in [7, 11) is 1.18. The van der Waals surface area contributed by atoms with E-state index in [4.69, 9.17) is 44.1 Å². The molecule has 34 heteroatoms.